The molecular weight excluding hydrogens is 170 g/mol. The lowest BCUT2D eigenvalue weighted by Gasteiger charge is -1.88. The van der Waals surface area contributed by atoms with Crippen molar-refractivity contribution in [2.24, 2.45) is 5.92 Å². The molecule has 0 aromatic carbocycles. The van der Waals surface area contributed by atoms with Crippen molar-refractivity contribution in [3.63, 3.8) is 0 Å². The summed E-state index contributed by atoms with van der Waals surface area (Å²) in [6.45, 7) is 10.0. The molecule has 0 saturated carbocycles. The van der Waals surface area contributed by atoms with Gasteiger partial charge in [0.05, 0.1) is 12.0 Å². The summed E-state index contributed by atoms with van der Waals surface area (Å²) in [5.74, 6) is -0.0475. The first-order chi connectivity index (χ1) is 6.83. The zero-order valence-corrected chi connectivity index (χ0v) is 9.91. The van der Waals surface area contributed by atoms with Gasteiger partial charge >= 0.3 is 0 Å². The molecule has 0 fully saturated rings. The molecule has 1 heteroatoms. The average molecular weight is 191 g/mol. The molecule has 0 heterocycles. The van der Waals surface area contributed by atoms with Gasteiger partial charge in [-0.15, -0.1) is 0 Å². The van der Waals surface area contributed by atoms with E-state index in [2.05, 4.69) is 6.07 Å². The molecule has 0 amide bonds. The van der Waals surface area contributed by atoms with Gasteiger partial charge in [0.25, 0.3) is 0 Å². The minimum Gasteiger partial charge on any atom is -0.197 e. The van der Waals surface area contributed by atoms with Crippen LogP contribution in [0.15, 0.2) is 36.0 Å². The summed E-state index contributed by atoms with van der Waals surface area (Å²) in [6.07, 6.45) is 9.66. The normalized spacial score (nSPS) is 17.4. The standard InChI is InChI=1S/C9H9N.2C2H6/c1-8-3-2-4-9(7-10)6-5-8;2*1-2/h2-6,9H,1H3;2*1-2H3. The van der Waals surface area contributed by atoms with E-state index in [1.165, 1.54) is 5.57 Å². The van der Waals surface area contributed by atoms with E-state index in [1.807, 2.05) is 65.0 Å². The first-order valence-electron chi connectivity index (χ1n) is 5.26. The van der Waals surface area contributed by atoms with Crippen LogP contribution in [0.25, 0.3) is 0 Å². The van der Waals surface area contributed by atoms with Gasteiger partial charge in [-0.3, -0.25) is 0 Å². The highest BCUT2D eigenvalue weighted by Crippen LogP contribution is 2.07. The van der Waals surface area contributed by atoms with Crippen molar-refractivity contribution < 1.29 is 0 Å². The molecule has 1 aliphatic carbocycles. The van der Waals surface area contributed by atoms with Gasteiger partial charge in [-0.05, 0) is 6.92 Å². The van der Waals surface area contributed by atoms with Crippen LogP contribution >= 0.6 is 0 Å². The van der Waals surface area contributed by atoms with Crippen LogP contribution < -0.4 is 0 Å². The molecule has 0 spiro atoms. The summed E-state index contributed by atoms with van der Waals surface area (Å²) < 4.78 is 0. The second-order valence-corrected chi connectivity index (χ2v) is 2.31. The van der Waals surface area contributed by atoms with E-state index in [0.29, 0.717) is 0 Å². The van der Waals surface area contributed by atoms with Crippen molar-refractivity contribution in [3.8, 4) is 6.07 Å². The quantitative estimate of drug-likeness (QED) is 0.561. The van der Waals surface area contributed by atoms with E-state index in [4.69, 9.17) is 5.26 Å². The lowest BCUT2D eigenvalue weighted by Crippen LogP contribution is -1.82. The molecule has 0 aromatic heterocycles. The highest BCUT2D eigenvalue weighted by molar-refractivity contribution is 5.29. The van der Waals surface area contributed by atoms with Crippen LogP contribution in [0.5, 0.6) is 0 Å². The van der Waals surface area contributed by atoms with Crippen molar-refractivity contribution in [1.29, 1.82) is 5.26 Å². The van der Waals surface area contributed by atoms with Crippen LogP contribution in [0, 0.1) is 17.2 Å². The molecule has 0 aromatic rings. The molecule has 1 unspecified atom stereocenters. The molecule has 0 N–H and O–H groups in total. The Balaban J connectivity index is 0. The number of nitriles is 1. The Morgan fingerprint density at radius 1 is 1.14 bits per heavy atom. The van der Waals surface area contributed by atoms with Crippen molar-refractivity contribution in [2.75, 3.05) is 0 Å². The molecule has 14 heavy (non-hydrogen) atoms. The van der Waals surface area contributed by atoms with Gasteiger partial charge in [-0.1, -0.05) is 63.6 Å². The average Bonchev–Trinajstić information content (AvgIpc) is 2.48. The molecule has 0 radical (unpaired) electrons. The second-order valence-electron chi connectivity index (χ2n) is 2.31. The van der Waals surface area contributed by atoms with E-state index < -0.39 is 0 Å². The Morgan fingerprint density at radius 2 is 1.71 bits per heavy atom. The highest BCUT2D eigenvalue weighted by atomic mass is 14.2. The van der Waals surface area contributed by atoms with Gasteiger partial charge < -0.3 is 0 Å². The smallest absolute Gasteiger partial charge is 0.0830 e. The Labute approximate surface area is 88.4 Å². The topological polar surface area (TPSA) is 23.8 Å². The summed E-state index contributed by atoms with van der Waals surface area (Å²) in [4.78, 5) is 0. The fourth-order valence-corrected chi connectivity index (χ4v) is 0.788. The monoisotopic (exact) mass is 191 g/mol. The minimum absolute atomic E-state index is 0.0475. The Kier molecular flexibility index (Phi) is 12.7. The van der Waals surface area contributed by atoms with Gasteiger partial charge in [-0.2, -0.15) is 5.26 Å². The van der Waals surface area contributed by atoms with Gasteiger partial charge in [0.15, 0.2) is 0 Å². The van der Waals surface area contributed by atoms with Crippen molar-refractivity contribution in [1.82, 2.24) is 0 Å². The first kappa shape index (κ1) is 15.2. The third kappa shape index (κ3) is 7.36. The molecule has 78 valence electrons. The summed E-state index contributed by atoms with van der Waals surface area (Å²) in [6, 6.07) is 2.16. The zero-order chi connectivity index (χ0) is 11.4. The van der Waals surface area contributed by atoms with Crippen LogP contribution in [-0.2, 0) is 0 Å². The van der Waals surface area contributed by atoms with Crippen LogP contribution in [0.3, 0.4) is 0 Å². The Bertz CT molecular complexity index is 238. The lowest BCUT2D eigenvalue weighted by atomic mass is 10.1. The predicted octanol–water partition coefficient (Wildman–Crippen LogP) is 4.25. The maximum Gasteiger partial charge on any atom is 0.0830 e. The number of hydrogen-bond acceptors (Lipinski definition) is 1. The van der Waals surface area contributed by atoms with Gasteiger partial charge in [-0.25, -0.2) is 0 Å². The fraction of sp³-hybridized carbons (Fsp3) is 0.462. The summed E-state index contributed by atoms with van der Waals surface area (Å²) in [7, 11) is 0. The fourth-order valence-electron chi connectivity index (χ4n) is 0.788. The molecule has 0 bridgehead atoms. The van der Waals surface area contributed by atoms with Crippen molar-refractivity contribution in [2.45, 2.75) is 34.6 Å². The second kappa shape index (κ2) is 11.7. The number of allylic oxidation sites excluding steroid dienone is 6. The summed E-state index contributed by atoms with van der Waals surface area (Å²) in [5.41, 5.74) is 1.19. The minimum atomic E-state index is -0.0475. The summed E-state index contributed by atoms with van der Waals surface area (Å²) >= 11 is 0. The number of rotatable bonds is 0. The van der Waals surface area contributed by atoms with E-state index in [1.54, 1.807) is 0 Å². The van der Waals surface area contributed by atoms with Gasteiger partial charge in [0, 0.05) is 0 Å². The SMILES string of the molecule is CC.CC.CC1=CC=CC(C#N)C=C1. The Hall–Kier alpha value is -1.29. The molecule has 0 aliphatic heterocycles. The lowest BCUT2D eigenvalue weighted by molar-refractivity contribution is 1.08. The molecule has 1 aliphatic rings. The van der Waals surface area contributed by atoms with Crippen molar-refractivity contribution >= 4 is 0 Å². The molecule has 1 nitrogen and oxygen atoms in total. The van der Waals surface area contributed by atoms with Crippen LogP contribution in [0.4, 0.5) is 0 Å². The van der Waals surface area contributed by atoms with Gasteiger partial charge in [0.1, 0.15) is 0 Å². The third-order valence-electron chi connectivity index (χ3n) is 1.39. The van der Waals surface area contributed by atoms with E-state index >= 15 is 0 Å². The number of hydrogen-bond donors (Lipinski definition) is 0. The molecular formula is C13H21N. The Morgan fingerprint density at radius 3 is 2.21 bits per heavy atom. The van der Waals surface area contributed by atoms with Crippen LogP contribution in [0.1, 0.15) is 34.6 Å². The van der Waals surface area contributed by atoms with E-state index in [0.717, 1.165) is 0 Å². The predicted molar refractivity (Wildman–Crippen MR) is 63.8 cm³/mol. The maximum absolute atomic E-state index is 8.53. The summed E-state index contributed by atoms with van der Waals surface area (Å²) in [5, 5.41) is 8.53. The number of nitrogens with zero attached hydrogens (tertiary/aromatic N) is 1. The van der Waals surface area contributed by atoms with E-state index in [9.17, 15) is 0 Å². The molecule has 0 saturated heterocycles. The molecule has 1 atom stereocenters. The first-order valence-corrected chi connectivity index (χ1v) is 5.26. The van der Waals surface area contributed by atoms with E-state index in [-0.39, 0.29) is 5.92 Å². The maximum atomic E-state index is 8.53. The largest absolute Gasteiger partial charge is 0.197 e. The van der Waals surface area contributed by atoms with Crippen LogP contribution in [-0.4, -0.2) is 0 Å². The van der Waals surface area contributed by atoms with Crippen LogP contribution in [0.2, 0.25) is 0 Å². The molecule has 1 rings (SSSR count). The van der Waals surface area contributed by atoms with Crippen molar-refractivity contribution in [3.05, 3.63) is 36.0 Å². The van der Waals surface area contributed by atoms with Gasteiger partial charge in [0.2, 0.25) is 0 Å². The third-order valence-corrected chi connectivity index (χ3v) is 1.39. The highest BCUT2D eigenvalue weighted by Gasteiger charge is 1.96. The zero-order valence-electron chi connectivity index (χ0n) is 9.91.